The fourth-order valence-electron chi connectivity index (χ4n) is 5.84. The first kappa shape index (κ1) is 19.5. The molecule has 4 aliphatic rings. The number of ether oxygens (including phenoxy) is 1. The normalized spacial score (nSPS) is 32.0. The second kappa shape index (κ2) is 7.05. The number of benzene rings is 1. The molecule has 1 aliphatic carbocycles. The van der Waals surface area contributed by atoms with Crippen LogP contribution >= 0.6 is 0 Å². The number of hydrogen-bond acceptors (Lipinski definition) is 4. The fourth-order valence-corrected chi connectivity index (χ4v) is 5.84. The van der Waals surface area contributed by atoms with Crippen LogP contribution in [0.25, 0.3) is 0 Å². The Bertz CT molecular complexity index is 741. The van der Waals surface area contributed by atoms with Crippen molar-refractivity contribution in [1.29, 1.82) is 0 Å². The molecule has 1 radical (unpaired) electrons. The lowest BCUT2D eigenvalue weighted by atomic mass is 9.76. The van der Waals surface area contributed by atoms with Crippen molar-refractivity contribution >= 4 is 11.4 Å². The summed E-state index contributed by atoms with van der Waals surface area (Å²) in [4.78, 5) is 4.76. The van der Waals surface area contributed by atoms with Crippen LogP contribution in [0.4, 0.5) is 24.5 Å². The fraction of sp³-hybridized carbons (Fsp3) is 0.727. The van der Waals surface area contributed by atoms with E-state index in [0.717, 1.165) is 63.2 Å². The van der Waals surface area contributed by atoms with Gasteiger partial charge < -0.3 is 14.5 Å². The van der Waals surface area contributed by atoms with Crippen molar-refractivity contribution in [2.24, 2.45) is 11.3 Å². The summed E-state index contributed by atoms with van der Waals surface area (Å²) in [5.41, 5.74) is 2.00. The van der Waals surface area contributed by atoms with E-state index >= 15 is 0 Å². The number of piperidine rings is 1. The molecule has 29 heavy (non-hydrogen) atoms. The number of nitrogens with one attached hydrogen (secondary N) is 1. The monoisotopic (exact) mass is 408 g/mol. The van der Waals surface area contributed by atoms with E-state index in [4.69, 9.17) is 4.74 Å². The molecule has 5 rings (SSSR count). The Hall–Kier alpha value is -1.47. The SMILES string of the molecule is FC(F)(F)C1CCC2(CCN(c3ccc[c]c3N3CCOCC34CCN4)CC2)C1. The number of para-hydroxylation sites is 1. The Balaban J connectivity index is 1.32. The number of anilines is 2. The maximum Gasteiger partial charge on any atom is 0.391 e. The van der Waals surface area contributed by atoms with E-state index in [1.54, 1.807) is 0 Å². The highest BCUT2D eigenvalue weighted by molar-refractivity contribution is 5.72. The van der Waals surface area contributed by atoms with Gasteiger partial charge >= 0.3 is 6.18 Å². The number of halogens is 3. The van der Waals surface area contributed by atoms with Crippen LogP contribution in [0.1, 0.15) is 38.5 Å². The van der Waals surface area contributed by atoms with Crippen LogP contribution in [-0.2, 0) is 4.74 Å². The summed E-state index contributed by atoms with van der Waals surface area (Å²) in [6.07, 6.45) is 0.0420. The van der Waals surface area contributed by atoms with Crippen LogP contribution in [0.3, 0.4) is 0 Å². The van der Waals surface area contributed by atoms with Crippen molar-refractivity contribution in [3.8, 4) is 0 Å². The molecule has 1 saturated carbocycles. The molecule has 2 spiro atoms. The number of hydrogen-bond donors (Lipinski definition) is 1. The van der Waals surface area contributed by atoms with Crippen molar-refractivity contribution in [3.05, 3.63) is 24.3 Å². The average Bonchev–Trinajstić information content (AvgIpc) is 3.11. The van der Waals surface area contributed by atoms with E-state index in [1.165, 1.54) is 0 Å². The quantitative estimate of drug-likeness (QED) is 0.802. The Kier molecular flexibility index (Phi) is 4.74. The lowest BCUT2D eigenvalue weighted by Gasteiger charge is -2.55. The zero-order valence-electron chi connectivity index (χ0n) is 16.7. The van der Waals surface area contributed by atoms with Crippen LogP contribution in [0.2, 0.25) is 0 Å². The van der Waals surface area contributed by atoms with Gasteiger partial charge in [0.15, 0.2) is 0 Å². The molecule has 0 bridgehead atoms. The van der Waals surface area contributed by atoms with Gasteiger partial charge in [-0.1, -0.05) is 12.1 Å². The largest absolute Gasteiger partial charge is 0.391 e. The molecule has 2 unspecified atom stereocenters. The molecule has 3 heterocycles. The van der Waals surface area contributed by atoms with Gasteiger partial charge in [-0.15, -0.1) is 0 Å². The average molecular weight is 408 g/mol. The Labute approximate surface area is 170 Å². The minimum Gasteiger partial charge on any atom is -0.376 e. The van der Waals surface area contributed by atoms with Crippen molar-refractivity contribution in [2.45, 2.75) is 50.4 Å². The minimum atomic E-state index is -4.04. The number of nitrogens with zero attached hydrogens (tertiary/aromatic N) is 2. The predicted molar refractivity (Wildman–Crippen MR) is 106 cm³/mol. The summed E-state index contributed by atoms with van der Waals surface area (Å²) >= 11 is 0. The van der Waals surface area contributed by atoms with Gasteiger partial charge in [-0.3, -0.25) is 5.32 Å². The first-order chi connectivity index (χ1) is 13.9. The molecule has 1 aromatic carbocycles. The molecule has 7 heteroatoms. The maximum atomic E-state index is 13.2. The standard InChI is InChI=1S/C22H29F3N3O/c23-22(24,25)17-5-6-20(15-17)8-11-27(12-9-20)18-3-1-2-4-19(18)28-13-14-29-16-21(28)7-10-26-21/h1-3,17,26H,5-16H2. The number of morpholine rings is 1. The van der Waals surface area contributed by atoms with Crippen LogP contribution in [0.15, 0.2) is 18.2 Å². The summed E-state index contributed by atoms with van der Waals surface area (Å²) < 4.78 is 45.3. The summed E-state index contributed by atoms with van der Waals surface area (Å²) in [5, 5.41) is 3.55. The van der Waals surface area contributed by atoms with Gasteiger partial charge in [0.25, 0.3) is 0 Å². The van der Waals surface area contributed by atoms with E-state index in [9.17, 15) is 13.2 Å². The molecule has 1 N–H and O–H groups in total. The van der Waals surface area contributed by atoms with Gasteiger partial charge in [-0.25, -0.2) is 0 Å². The second-order valence-electron chi connectivity index (χ2n) is 9.28. The van der Waals surface area contributed by atoms with Gasteiger partial charge in [0, 0.05) is 32.2 Å². The summed E-state index contributed by atoms with van der Waals surface area (Å²) in [6.45, 7) is 4.84. The summed E-state index contributed by atoms with van der Waals surface area (Å²) in [6, 6.07) is 9.56. The van der Waals surface area contributed by atoms with Crippen LogP contribution in [0.5, 0.6) is 0 Å². The highest BCUT2D eigenvalue weighted by Gasteiger charge is 2.51. The highest BCUT2D eigenvalue weighted by atomic mass is 19.4. The Morgan fingerprint density at radius 2 is 1.93 bits per heavy atom. The molecule has 3 aliphatic heterocycles. The van der Waals surface area contributed by atoms with Crippen LogP contribution < -0.4 is 15.1 Å². The van der Waals surface area contributed by atoms with Gasteiger partial charge in [-0.05, 0) is 50.0 Å². The third-order valence-corrected chi connectivity index (χ3v) is 7.72. The van der Waals surface area contributed by atoms with E-state index in [2.05, 4.69) is 27.2 Å². The topological polar surface area (TPSA) is 27.7 Å². The summed E-state index contributed by atoms with van der Waals surface area (Å²) in [7, 11) is 0. The molecular formula is C22H29F3N3O. The molecular weight excluding hydrogens is 379 g/mol. The molecule has 4 fully saturated rings. The molecule has 3 saturated heterocycles. The third-order valence-electron chi connectivity index (χ3n) is 7.72. The van der Waals surface area contributed by atoms with E-state index in [1.807, 2.05) is 12.1 Å². The molecule has 4 nitrogen and oxygen atoms in total. The lowest BCUT2D eigenvalue weighted by molar-refractivity contribution is -0.174. The van der Waals surface area contributed by atoms with E-state index in [-0.39, 0.29) is 11.1 Å². The van der Waals surface area contributed by atoms with Gasteiger partial charge in [0.2, 0.25) is 0 Å². The van der Waals surface area contributed by atoms with Crippen LogP contribution in [0, 0.1) is 17.4 Å². The highest BCUT2D eigenvalue weighted by Crippen LogP contribution is 2.54. The smallest absolute Gasteiger partial charge is 0.376 e. The lowest BCUT2D eigenvalue weighted by Crippen LogP contribution is -2.73. The minimum absolute atomic E-state index is 0.120. The maximum absolute atomic E-state index is 13.2. The van der Waals surface area contributed by atoms with Crippen molar-refractivity contribution in [2.75, 3.05) is 49.2 Å². The first-order valence-corrected chi connectivity index (χ1v) is 10.8. The number of alkyl halides is 3. The third kappa shape index (κ3) is 3.40. The zero-order valence-corrected chi connectivity index (χ0v) is 16.7. The summed E-state index contributed by atoms with van der Waals surface area (Å²) in [5.74, 6) is -1.10. The Morgan fingerprint density at radius 1 is 1.14 bits per heavy atom. The number of rotatable bonds is 2. The van der Waals surface area contributed by atoms with Crippen molar-refractivity contribution in [3.63, 3.8) is 0 Å². The Morgan fingerprint density at radius 3 is 2.59 bits per heavy atom. The van der Waals surface area contributed by atoms with Crippen molar-refractivity contribution < 1.29 is 17.9 Å². The molecule has 0 aromatic heterocycles. The molecule has 159 valence electrons. The van der Waals surface area contributed by atoms with Gasteiger partial charge in [0.05, 0.1) is 30.5 Å². The van der Waals surface area contributed by atoms with Gasteiger partial charge in [0.1, 0.15) is 5.66 Å². The molecule has 0 amide bonds. The second-order valence-corrected chi connectivity index (χ2v) is 9.28. The predicted octanol–water partition coefficient (Wildman–Crippen LogP) is 3.96. The zero-order chi connectivity index (χ0) is 20.1. The van der Waals surface area contributed by atoms with Gasteiger partial charge in [-0.2, -0.15) is 13.2 Å². The first-order valence-electron chi connectivity index (χ1n) is 10.8. The van der Waals surface area contributed by atoms with E-state index < -0.39 is 12.1 Å². The van der Waals surface area contributed by atoms with E-state index in [0.29, 0.717) is 26.1 Å². The van der Waals surface area contributed by atoms with Crippen molar-refractivity contribution in [1.82, 2.24) is 5.32 Å². The molecule has 1 aromatic rings. The molecule has 2 atom stereocenters. The van der Waals surface area contributed by atoms with Crippen LogP contribution in [-0.4, -0.2) is 51.2 Å².